The Morgan fingerprint density at radius 3 is 2.82 bits per heavy atom. The highest BCUT2D eigenvalue weighted by molar-refractivity contribution is 7.71. The van der Waals surface area contributed by atoms with E-state index in [2.05, 4.69) is 18.1 Å². The van der Waals surface area contributed by atoms with Crippen LogP contribution < -0.4 is 0 Å². The number of hydrogen-bond donors (Lipinski definition) is 1. The van der Waals surface area contributed by atoms with E-state index in [9.17, 15) is 0 Å². The number of aromatic amines is 1. The average molecular weight is 165 g/mol. The standard InChI is InChI=1S/C9H11NS/c1-6-4-9(11)10-5-8(6)7-2-3-7/h4-5,7H,2-3H2,1H3,(H,10,11). The zero-order valence-electron chi connectivity index (χ0n) is 6.55. The number of aryl methyl sites for hydroxylation is 1. The molecule has 0 atom stereocenters. The molecule has 1 fully saturated rings. The molecule has 0 unspecified atom stereocenters. The summed E-state index contributed by atoms with van der Waals surface area (Å²) in [6.07, 6.45) is 4.77. The van der Waals surface area contributed by atoms with E-state index < -0.39 is 0 Å². The van der Waals surface area contributed by atoms with Crippen LogP contribution in [0.5, 0.6) is 0 Å². The molecule has 1 saturated carbocycles. The third-order valence-electron chi connectivity index (χ3n) is 2.19. The minimum absolute atomic E-state index is 0.821. The van der Waals surface area contributed by atoms with Crippen LogP contribution >= 0.6 is 12.2 Å². The Labute approximate surface area is 71.5 Å². The molecule has 1 aromatic heterocycles. The fraction of sp³-hybridized carbons (Fsp3) is 0.444. The molecule has 11 heavy (non-hydrogen) atoms. The number of rotatable bonds is 1. The molecule has 2 heteroatoms. The summed E-state index contributed by atoms with van der Waals surface area (Å²) in [5.74, 6) is 0.821. The van der Waals surface area contributed by atoms with Gasteiger partial charge in [-0.15, -0.1) is 0 Å². The third-order valence-corrected chi connectivity index (χ3v) is 2.43. The van der Waals surface area contributed by atoms with Crippen molar-refractivity contribution in [3.8, 4) is 0 Å². The van der Waals surface area contributed by atoms with Gasteiger partial charge in [0.05, 0.1) is 0 Å². The second kappa shape index (κ2) is 2.45. The van der Waals surface area contributed by atoms with Gasteiger partial charge >= 0.3 is 0 Å². The lowest BCUT2D eigenvalue weighted by Crippen LogP contribution is -1.87. The van der Waals surface area contributed by atoms with E-state index in [1.807, 2.05) is 6.07 Å². The molecule has 1 aromatic rings. The summed E-state index contributed by atoms with van der Waals surface area (Å²) >= 11 is 5.01. The Morgan fingerprint density at radius 1 is 1.55 bits per heavy atom. The van der Waals surface area contributed by atoms with Crippen LogP contribution in [0.1, 0.15) is 29.9 Å². The molecular weight excluding hydrogens is 154 g/mol. The van der Waals surface area contributed by atoms with Crippen LogP contribution in [0.2, 0.25) is 0 Å². The fourth-order valence-corrected chi connectivity index (χ4v) is 1.65. The zero-order chi connectivity index (χ0) is 7.84. The predicted octanol–water partition coefficient (Wildman–Crippen LogP) is 2.93. The third kappa shape index (κ3) is 1.36. The summed E-state index contributed by atoms with van der Waals surface area (Å²) in [7, 11) is 0. The van der Waals surface area contributed by atoms with Gasteiger partial charge in [0.15, 0.2) is 0 Å². The molecule has 1 nitrogen and oxygen atoms in total. The second-order valence-corrected chi connectivity index (χ2v) is 3.65. The van der Waals surface area contributed by atoms with Crippen molar-refractivity contribution < 1.29 is 0 Å². The molecule has 1 aliphatic carbocycles. The van der Waals surface area contributed by atoms with Crippen LogP contribution in [0.4, 0.5) is 0 Å². The van der Waals surface area contributed by atoms with Crippen LogP contribution in [0.25, 0.3) is 0 Å². The van der Waals surface area contributed by atoms with Gasteiger partial charge in [0.25, 0.3) is 0 Å². The van der Waals surface area contributed by atoms with Gasteiger partial charge < -0.3 is 4.98 Å². The summed E-state index contributed by atoms with van der Waals surface area (Å²) in [6.45, 7) is 2.14. The van der Waals surface area contributed by atoms with E-state index >= 15 is 0 Å². The summed E-state index contributed by atoms with van der Waals surface area (Å²) < 4.78 is 0.840. The van der Waals surface area contributed by atoms with Crippen LogP contribution in [0.3, 0.4) is 0 Å². The van der Waals surface area contributed by atoms with Crippen LogP contribution in [0, 0.1) is 11.6 Å². The Morgan fingerprint density at radius 2 is 2.27 bits per heavy atom. The first-order chi connectivity index (χ1) is 5.27. The van der Waals surface area contributed by atoms with Crippen LogP contribution in [-0.2, 0) is 0 Å². The molecule has 1 aliphatic rings. The number of nitrogens with one attached hydrogen (secondary N) is 1. The number of aromatic nitrogens is 1. The van der Waals surface area contributed by atoms with Crippen molar-refractivity contribution in [1.29, 1.82) is 0 Å². The topological polar surface area (TPSA) is 15.8 Å². The quantitative estimate of drug-likeness (QED) is 0.633. The van der Waals surface area contributed by atoms with Gasteiger partial charge in [-0.3, -0.25) is 0 Å². The number of H-pyrrole nitrogens is 1. The maximum Gasteiger partial charge on any atom is 0.103 e. The van der Waals surface area contributed by atoms with Gasteiger partial charge in [0.1, 0.15) is 4.64 Å². The Bertz CT molecular complexity index is 323. The van der Waals surface area contributed by atoms with Gasteiger partial charge in [-0.25, -0.2) is 0 Å². The molecule has 0 saturated heterocycles. The van der Waals surface area contributed by atoms with E-state index in [0.29, 0.717) is 0 Å². The van der Waals surface area contributed by atoms with E-state index in [0.717, 1.165) is 10.6 Å². The van der Waals surface area contributed by atoms with E-state index in [-0.39, 0.29) is 0 Å². The van der Waals surface area contributed by atoms with Gasteiger partial charge in [0.2, 0.25) is 0 Å². The van der Waals surface area contributed by atoms with Crippen molar-refractivity contribution in [2.75, 3.05) is 0 Å². The highest BCUT2D eigenvalue weighted by Gasteiger charge is 2.24. The van der Waals surface area contributed by atoms with Crippen molar-refractivity contribution in [2.45, 2.75) is 25.7 Å². The molecule has 1 heterocycles. The fourth-order valence-electron chi connectivity index (χ4n) is 1.42. The van der Waals surface area contributed by atoms with Gasteiger partial charge in [0, 0.05) is 6.20 Å². The molecule has 1 N–H and O–H groups in total. The van der Waals surface area contributed by atoms with E-state index in [1.54, 1.807) is 0 Å². The van der Waals surface area contributed by atoms with Crippen LogP contribution in [-0.4, -0.2) is 4.98 Å². The van der Waals surface area contributed by atoms with Crippen molar-refractivity contribution in [2.24, 2.45) is 0 Å². The zero-order valence-corrected chi connectivity index (χ0v) is 7.37. The van der Waals surface area contributed by atoms with Crippen molar-refractivity contribution in [1.82, 2.24) is 4.98 Å². The van der Waals surface area contributed by atoms with Gasteiger partial charge in [-0.05, 0) is 42.9 Å². The molecule has 0 aliphatic heterocycles. The van der Waals surface area contributed by atoms with Crippen molar-refractivity contribution in [3.05, 3.63) is 28.0 Å². The highest BCUT2D eigenvalue weighted by Crippen LogP contribution is 2.40. The normalized spacial score (nSPS) is 16.8. The highest BCUT2D eigenvalue weighted by atomic mass is 32.1. The van der Waals surface area contributed by atoms with Crippen molar-refractivity contribution >= 4 is 12.2 Å². The molecule has 0 aromatic carbocycles. The maximum atomic E-state index is 5.01. The largest absolute Gasteiger partial charge is 0.353 e. The summed E-state index contributed by atoms with van der Waals surface area (Å²) in [5, 5.41) is 0. The second-order valence-electron chi connectivity index (χ2n) is 3.21. The molecule has 2 rings (SSSR count). The van der Waals surface area contributed by atoms with Gasteiger partial charge in [-0.2, -0.15) is 0 Å². The SMILES string of the molecule is Cc1cc(=S)[nH]cc1C1CC1. The minimum atomic E-state index is 0.821. The molecule has 58 valence electrons. The molecule has 0 spiro atoms. The Balaban J connectivity index is 2.47. The Hall–Kier alpha value is -0.630. The summed E-state index contributed by atoms with van der Waals surface area (Å²) in [6, 6.07) is 2.04. The first-order valence-electron chi connectivity index (χ1n) is 3.96. The maximum absolute atomic E-state index is 5.01. The Kier molecular flexibility index (Phi) is 1.57. The molecule has 0 radical (unpaired) electrons. The smallest absolute Gasteiger partial charge is 0.103 e. The van der Waals surface area contributed by atoms with Crippen LogP contribution in [0.15, 0.2) is 12.3 Å². The van der Waals surface area contributed by atoms with E-state index in [4.69, 9.17) is 12.2 Å². The first kappa shape index (κ1) is 7.04. The predicted molar refractivity (Wildman–Crippen MR) is 48.3 cm³/mol. The monoisotopic (exact) mass is 165 g/mol. The summed E-state index contributed by atoms with van der Waals surface area (Å²) in [4.78, 5) is 3.08. The summed E-state index contributed by atoms with van der Waals surface area (Å²) in [5.41, 5.74) is 2.80. The first-order valence-corrected chi connectivity index (χ1v) is 4.37. The average Bonchev–Trinajstić information content (AvgIpc) is 2.70. The lowest BCUT2D eigenvalue weighted by molar-refractivity contribution is 1.06. The lowest BCUT2D eigenvalue weighted by Gasteiger charge is -2.01. The number of pyridine rings is 1. The number of hydrogen-bond acceptors (Lipinski definition) is 1. The molecule has 0 bridgehead atoms. The van der Waals surface area contributed by atoms with Gasteiger partial charge in [-0.1, -0.05) is 12.2 Å². The minimum Gasteiger partial charge on any atom is -0.353 e. The lowest BCUT2D eigenvalue weighted by atomic mass is 10.1. The van der Waals surface area contributed by atoms with Crippen molar-refractivity contribution in [3.63, 3.8) is 0 Å². The molecule has 0 amide bonds. The molecular formula is C9H11NS. The van der Waals surface area contributed by atoms with E-state index in [1.165, 1.54) is 24.0 Å².